The van der Waals surface area contributed by atoms with E-state index in [0.29, 0.717) is 19.3 Å². The normalized spacial score (nSPS) is 12.8. The Balaban J connectivity index is 4.34. The molecule has 412 valence electrons. The van der Waals surface area contributed by atoms with Gasteiger partial charge in [-0.25, -0.2) is 0 Å². The van der Waals surface area contributed by atoms with Gasteiger partial charge in [0.15, 0.2) is 6.10 Å². The number of esters is 3. The van der Waals surface area contributed by atoms with Crippen LogP contribution in [0.25, 0.3) is 0 Å². The summed E-state index contributed by atoms with van der Waals surface area (Å²) in [6, 6.07) is 0. The van der Waals surface area contributed by atoms with Crippen molar-refractivity contribution in [3.8, 4) is 0 Å². The molecule has 0 aliphatic carbocycles. The van der Waals surface area contributed by atoms with E-state index in [-0.39, 0.29) is 31.1 Å². The molecule has 0 bridgehead atoms. The summed E-state index contributed by atoms with van der Waals surface area (Å²) in [4.78, 5) is 38.2. The van der Waals surface area contributed by atoms with Crippen LogP contribution in [0.4, 0.5) is 0 Å². The number of allylic oxidation sites excluding steroid dienone is 16. The van der Waals surface area contributed by atoms with Gasteiger partial charge < -0.3 is 14.2 Å². The molecule has 0 radical (unpaired) electrons. The highest BCUT2D eigenvalue weighted by Gasteiger charge is 2.19. The minimum Gasteiger partial charge on any atom is -0.462 e. The SMILES string of the molecule is CC/C=C\C/C=C\C/C=C\C/C=C\C/C=C\CCCCCCCCCCCC(=O)OCC(COC(=O)CCCCCCC/C=C\C/C=C\CCC)OC(=O)CCCCCCC/C=C\CCCCCCCCC. The van der Waals surface area contributed by atoms with E-state index in [9.17, 15) is 14.4 Å². The van der Waals surface area contributed by atoms with E-state index in [1.165, 1.54) is 103 Å². The van der Waals surface area contributed by atoms with E-state index in [2.05, 4.69) is 118 Å². The Hall–Kier alpha value is -3.67. The van der Waals surface area contributed by atoms with E-state index < -0.39 is 6.10 Å². The maximum Gasteiger partial charge on any atom is 0.306 e. The monoisotopic (exact) mass is 1000 g/mol. The van der Waals surface area contributed by atoms with Gasteiger partial charge in [-0.1, -0.05) is 246 Å². The molecule has 1 atom stereocenters. The first-order valence-corrected chi connectivity index (χ1v) is 30.2. The van der Waals surface area contributed by atoms with Crippen molar-refractivity contribution in [1.29, 1.82) is 0 Å². The van der Waals surface area contributed by atoms with Gasteiger partial charge in [0.1, 0.15) is 13.2 Å². The Kier molecular flexibility index (Phi) is 56.8. The van der Waals surface area contributed by atoms with Crippen LogP contribution in [-0.2, 0) is 28.6 Å². The van der Waals surface area contributed by atoms with E-state index in [4.69, 9.17) is 14.2 Å². The molecule has 0 aromatic carbocycles. The summed E-state index contributed by atoms with van der Waals surface area (Å²) in [5.41, 5.74) is 0. The molecule has 0 aliphatic rings. The second-order valence-corrected chi connectivity index (χ2v) is 19.9. The molecule has 0 saturated carbocycles. The van der Waals surface area contributed by atoms with Crippen LogP contribution >= 0.6 is 0 Å². The number of ether oxygens (including phenoxy) is 3. The second kappa shape index (κ2) is 59.9. The average Bonchev–Trinajstić information content (AvgIpc) is 3.38. The fraction of sp³-hybridized carbons (Fsp3) is 0.712. The molecule has 0 aliphatic heterocycles. The maximum atomic E-state index is 12.9. The topological polar surface area (TPSA) is 78.9 Å². The molecule has 6 nitrogen and oxygen atoms in total. The van der Waals surface area contributed by atoms with E-state index in [1.54, 1.807) is 0 Å². The van der Waals surface area contributed by atoms with Crippen molar-refractivity contribution >= 4 is 17.9 Å². The van der Waals surface area contributed by atoms with Gasteiger partial charge in [-0.05, 0) is 116 Å². The van der Waals surface area contributed by atoms with Crippen molar-refractivity contribution in [3.63, 3.8) is 0 Å². The first-order chi connectivity index (χ1) is 35.5. The van der Waals surface area contributed by atoms with Crippen molar-refractivity contribution in [2.75, 3.05) is 13.2 Å². The van der Waals surface area contributed by atoms with Crippen molar-refractivity contribution in [3.05, 3.63) is 97.2 Å². The lowest BCUT2D eigenvalue weighted by atomic mass is 10.1. The number of unbranched alkanes of at least 4 members (excludes halogenated alkanes) is 27. The van der Waals surface area contributed by atoms with E-state index in [0.717, 1.165) is 141 Å². The molecule has 0 N–H and O–H groups in total. The molecule has 0 rings (SSSR count). The molecule has 0 amide bonds. The lowest BCUT2D eigenvalue weighted by molar-refractivity contribution is -0.167. The van der Waals surface area contributed by atoms with Crippen molar-refractivity contribution in [2.24, 2.45) is 0 Å². The zero-order valence-electron chi connectivity index (χ0n) is 47.2. The summed E-state index contributed by atoms with van der Waals surface area (Å²) >= 11 is 0. The molecule has 1 unspecified atom stereocenters. The fourth-order valence-corrected chi connectivity index (χ4v) is 8.27. The Bertz CT molecular complexity index is 1430. The van der Waals surface area contributed by atoms with Gasteiger partial charge >= 0.3 is 17.9 Å². The van der Waals surface area contributed by atoms with Crippen LogP contribution in [0.15, 0.2) is 97.2 Å². The summed E-state index contributed by atoms with van der Waals surface area (Å²) in [6.07, 6.45) is 79.7. The molecule has 0 spiro atoms. The average molecular weight is 1000 g/mol. The molecule has 0 aromatic rings. The predicted molar refractivity (Wildman–Crippen MR) is 311 cm³/mol. The van der Waals surface area contributed by atoms with Gasteiger partial charge in [-0.3, -0.25) is 14.4 Å². The third-order valence-corrected chi connectivity index (χ3v) is 12.8. The Morgan fingerprint density at radius 3 is 0.917 bits per heavy atom. The van der Waals surface area contributed by atoms with Gasteiger partial charge in [0.2, 0.25) is 0 Å². The first-order valence-electron chi connectivity index (χ1n) is 30.2. The molecule has 0 fully saturated rings. The van der Waals surface area contributed by atoms with Gasteiger partial charge in [-0.2, -0.15) is 0 Å². The Morgan fingerprint density at radius 2 is 0.569 bits per heavy atom. The van der Waals surface area contributed by atoms with Crippen LogP contribution in [0.5, 0.6) is 0 Å². The van der Waals surface area contributed by atoms with Gasteiger partial charge in [-0.15, -0.1) is 0 Å². The minimum absolute atomic E-state index is 0.0884. The number of hydrogen-bond donors (Lipinski definition) is 0. The highest BCUT2D eigenvalue weighted by molar-refractivity contribution is 5.71. The first kappa shape index (κ1) is 68.3. The quantitative estimate of drug-likeness (QED) is 0.0261. The smallest absolute Gasteiger partial charge is 0.306 e. The minimum atomic E-state index is -0.791. The highest BCUT2D eigenvalue weighted by atomic mass is 16.6. The molecule has 0 heterocycles. The summed E-state index contributed by atoms with van der Waals surface area (Å²) < 4.78 is 16.9. The van der Waals surface area contributed by atoms with Crippen LogP contribution in [-0.4, -0.2) is 37.2 Å². The third kappa shape index (κ3) is 57.2. The number of hydrogen-bond acceptors (Lipinski definition) is 6. The summed E-state index contributed by atoms with van der Waals surface area (Å²) in [7, 11) is 0. The summed E-state index contributed by atoms with van der Waals surface area (Å²) in [5, 5.41) is 0. The van der Waals surface area contributed by atoms with Crippen LogP contribution in [0, 0.1) is 0 Å². The number of carbonyl (C=O) groups is 3. The largest absolute Gasteiger partial charge is 0.462 e. The highest BCUT2D eigenvalue weighted by Crippen LogP contribution is 2.15. The summed E-state index contributed by atoms with van der Waals surface area (Å²) in [6.45, 7) is 6.45. The second-order valence-electron chi connectivity index (χ2n) is 19.9. The predicted octanol–water partition coefficient (Wildman–Crippen LogP) is 20.5. The van der Waals surface area contributed by atoms with E-state index in [1.807, 2.05) is 0 Å². The van der Waals surface area contributed by atoms with Gasteiger partial charge in [0.25, 0.3) is 0 Å². The third-order valence-electron chi connectivity index (χ3n) is 12.8. The molecule has 72 heavy (non-hydrogen) atoms. The standard InChI is InChI=1S/C66H112O6/c1-4-7-10-13-16-19-22-25-27-29-30-31-32-33-34-35-36-37-39-41-44-47-50-53-56-59-65(68)71-62-63(61-70-64(67)58-55-52-49-46-43-40-24-21-18-15-12-9-6-3)72-66(69)60-57-54-51-48-45-42-38-28-26-23-20-17-14-11-8-5-2/h7,10,12,15-16,19,21,24-25,27-28,30-31,33-34,38,63H,4-6,8-9,11,13-14,17-18,20,22-23,26,29,32,35-37,39-62H2,1-3H3/b10-7-,15-12-,19-16-,24-21-,27-25-,31-30-,34-33-,38-28-. The Labute approximate surface area is 445 Å². The van der Waals surface area contributed by atoms with Crippen molar-refractivity contribution in [1.82, 2.24) is 0 Å². The van der Waals surface area contributed by atoms with Crippen LogP contribution in [0.1, 0.15) is 284 Å². The number of rotatable bonds is 54. The molecule has 0 saturated heterocycles. The van der Waals surface area contributed by atoms with Gasteiger partial charge in [0.05, 0.1) is 0 Å². The Morgan fingerprint density at radius 1 is 0.292 bits per heavy atom. The summed E-state index contributed by atoms with van der Waals surface area (Å²) in [5.74, 6) is -0.911. The van der Waals surface area contributed by atoms with Gasteiger partial charge in [0, 0.05) is 19.3 Å². The fourth-order valence-electron chi connectivity index (χ4n) is 8.27. The molecule has 6 heteroatoms. The lowest BCUT2D eigenvalue weighted by Crippen LogP contribution is -2.30. The van der Waals surface area contributed by atoms with Crippen LogP contribution in [0.2, 0.25) is 0 Å². The molecule has 0 aromatic heterocycles. The maximum absolute atomic E-state index is 12.9. The number of carbonyl (C=O) groups excluding carboxylic acids is 3. The zero-order chi connectivity index (χ0) is 52.2. The van der Waals surface area contributed by atoms with Crippen LogP contribution in [0.3, 0.4) is 0 Å². The molecular weight excluding hydrogens is 889 g/mol. The molecular formula is C66H112O6. The van der Waals surface area contributed by atoms with Crippen molar-refractivity contribution in [2.45, 2.75) is 290 Å². The van der Waals surface area contributed by atoms with Crippen molar-refractivity contribution < 1.29 is 28.6 Å². The zero-order valence-corrected chi connectivity index (χ0v) is 47.2. The van der Waals surface area contributed by atoms with E-state index >= 15 is 0 Å². The lowest BCUT2D eigenvalue weighted by Gasteiger charge is -2.18. The van der Waals surface area contributed by atoms with Crippen LogP contribution < -0.4 is 0 Å².